The van der Waals surface area contributed by atoms with Crippen molar-refractivity contribution in [2.24, 2.45) is 23.2 Å². The summed E-state index contributed by atoms with van der Waals surface area (Å²) in [5.41, 5.74) is 3.22. The fourth-order valence-corrected chi connectivity index (χ4v) is 7.23. The number of benzene rings is 1. The average Bonchev–Trinajstić information content (AvgIpc) is 3.55. The highest BCUT2D eigenvalue weighted by Crippen LogP contribution is 2.59. The lowest BCUT2D eigenvalue weighted by atomic mass is 9.91. The fraction of sp³-hybridized carbons (Fsp3) is 0.595. The molecule has 0 spiro atoms. The lowest BCUT2D eigenvalue weighted by Crippen LogP contribution is -2.42. The molecule has 0 bridgehead atoms. The minimum atomic E-state index is -4.40. The minimum Gasteiger partial charge on any atom is -0.468 e. The number of carbonyl (C=O) groups excluding carboxylic acids is 2. The molecule has 2 aliphatic carbocycles. The summed E-state index contributed by atoms with van der Waals surface area (Å²) in [5, 5.41) is 5.81. The molecule has 2 amide bonds. The second-order valence-electron chi connectivity index (χ2n) is 14.3. The molecule has 50 heavy (non-hydrogen) atoms. The molecule has 9 nitrogen and oxygen atoms in total. The van der Waals surface area contributed by atoms with E-state index in [1.54, 1.807) is 18.2 Å². The maximum atomic E-state index is 12.4. The lowest BCUT2D eigenvalue weighted by molar-refractivity contribution is -0.154. The quantitative estimate of drug-likeness (QED) is 0.218. The van der Waals surface area contributed by atoms with Crippen molar-refractivity contribution in [3.8, 4) is 5.88 Å². The molecular formula is C37H57F3N4O5S. The Morgan fingerprint density at radius 1 is 1.04 bits per heavy atom. The standard InChI is InChI=1S/C19H30N2O3S.C18H23F3N2O2.2H2/c1-16-10-8-9-13-18(16)21(25(2,23)24)15-19(22)20-14-17-11-6-4-3-5-7-12-17;1-11(2)7-13-15(17(13,3)4)16(24)23-9-12-5-6-14(22-8-12)25-10-18(19,20)21;;/h8-10,13,17H,3-7,11-12,14-15H2,1-2H3,(H,20,22);5-8,13,15H,9-10H2,1-4H3,(H,23,24);2*1H. The fourth-order valence-electron chi connectivity index (χ4n) is 6.32. The van der Waals surface area contributed by atoms with Gasteiger partial charge in [-0.15, -0.1) is 0 Å². The Balaban J connectivity index is 0.000000501. The normalized spacial score (nSPS) is 19.1. The van der Waals surface area contributed by atoms with E-state index in [1.807, 2.05) is 32.9 Å². The molecule has 1 aromatic carbocycles. The van der Waals surface area contributed by atoms with E-state index in [4.69, 9.17) is 0 Å². The summed E-state index contributed by atoms with van der Waals surface area (Å²) < 4.78 is 66.3. The Bertz CT molecular complexity index is 1560. The van der Waals surface area contributed by atoms with Crippen LogP contribution in [0.25, 0.3) is 0 Å². The number of allylic oxidation sites excluding steroid dienone is 2. The highest BCUT2D eigenvalue weighted by Gasteiger charge is 2.60. The van der Waals surface area contributed by atoms with Crippen LogP contribution in [0.15, 0.2) is 54.2 Å². The van der Waals surface area contributed by atoms with Crippen LogP contribution in [0.1, 0.15) is 86.6 Å². The number of aryl methyl sites for hydroxylation is 1. The topological polar surface area (TPSA) is 118 Å². The van der Waals surface area contributed by atoms with Crippen molar-refractivity contribution in [2.45, 2.75) is 92.3 Å². The highest BCUT2D eigenvalue weighted by atomic mass is 32.2. The van der Waals surface area contributed by atoms with Gasteiger partial charge in [-0.2, -0.15) is 13.2 Å². The van der Waals surface area contributed by atoms with Gasteiger partial charge in [0.05, 0.1) is 17.9 Å². The zero-order valence-corrected chi connectivity index (χ0v) is 30.9. The first kappa shape index (κ1) is 40.8. The van der Waals surface area contributed by atoms with Crippen LogP contribution < -0.4 is 19.7 Å². The Morgan fingerprint density at radius 3 is 2.24 bits per heavy atom. The third-order valence-electron chi connectivity index (χ3n) is 9.24. The van der Waals surface area contributed by atoms with E-state index in [2.05, 4.69) is 40.3 Å². The van der Waals surface area contributed by atoms with Gasteiger partial charge >= 0.3 is 6.18 Å². The molecule has 1 aromatic heterocycles. The predicted octanol–water partition coefficient (Wildman–Crippen LogP) is 7.61. The van der Waals surface area contributed by atoms with Gasteiger partial charge in [0.2, 0.25) is 27.7 Å². The van der Waals surface area contributed by atoms with Gasteiger partial charge in [0, 0.05) is 28.2 Å². The van der Waals surface area contributed by atoms with Gasteiger partial charge in [-0.25, -0.2) is 13.4 Å². The van der Waals surface area contributed by atoms with Crippen LogP contribution in [0.2, 0.25) is 0 Å². The van der Waals surface area contributed by atoms with Crippen molar-refractivity contribution < 1.29 is 38.8 Å². The number of alkyl halides is 3. The third kappa shape index (κ3) is 13.3. The van der Waals surface area contributed by atoms with Crippen molar-refractivity contribution in [3.05, 3.63) is 65.4 Å². The molecule has 2 saturated carbocycles. The van der Waals surface area contributed by atoms with Gasteiger partial charge in [0.25, 0.3) is 0 Å². The number of nitrogens with zero attached hydrogens (tertiary/aromatic N) is 2. The van der Waals surface area contributed by atoms with Crippen LogP contribution in [0, 0.1) is 30.1 Å². The molecule has 1 heterocycles. The molecule has 2 atom stereocenters. The van der Waals surface area contributed by atoms with E-state index in [0.717, 1.165) is 24.7 Å². The number of ether oxygens (including phenoxy) is 1. The first-order valence-corrected chi connectivity index (χ1v) is 19.1. The smallest absolute Gasteiger partial charge is 0.422 e. The Morgan fingerprint density at radius 2 is 1.68 bits per heavy atom. The van der Waals surface area contributed by atoms with Gasteiger partial charge in [0.1, 0.15) is 6.54 Å². The number of anilines is 1. The first-order chi connectivity index (χ1) is 23.4. The summed E-state index contributed by atoms with van der Waals surface area (Å²) >= 11 is 0. The van der Waals surface area contributed by atoms with E-state index in [9.17, 15) is 31.2 Å². The molecule has 0 saturated heterocycles. The average molecular weight is 727 g/mol. The first-order valence-electron chi connectivity index (χ1n) is 17.3. The number of hydrogen-bond acceptors (Lipinski definition) is 6. The van der Waals surface area contributed by atoms with Gasteiger partial charge in [-0.3, -0.25) is 13.9 Å². The Kier molecular flexibility index (Phi) is 14.7. The van der Waals surface area contributed by atoms with E-state index in [0.29, 0.717) is 23.7 Å². The summed E-state index contributed by atoms with van der Waals surface area (Å²) in [7, 11) is -3.52. The number of halogens is 3. The van der Waals surface area contributed by atoms with E-state index >= 15 is 0 Å². The van der Waals surface area contributed by atoms with Crippen LogP contribution in [0.4, 0.5) is 18.9 Å². The van der Waals surface area contributed by atoms with Gasteiger partial charge in [-0.05, 0) is 68.1 Å². The zero-order chi connectivity index (χ0) is 37.1. The van der Waals surface area contributed by atoms with Crippen LogP contribution in [0.5, 0.6) is 5.88 Å². The summed E-state index contributed by atoms with van der Waals surface area (Å²) in [6.07, 6.45) is 8.88. The van der Waals surface area contributed by atoms with Crippen LogP contribution in [-0.4, -0.2) is 57.3 Å². The summed E-state index contributed by atoms with van der Waals surface area (Å²) in [5.74, 6) is 0.313. The second kappa shape index (κ2) is 18.1. The van der Waals surface area contributed by atoms with Crippen molar-refractivity contribution in [2.75, 3.05) is 30.3 Å². The SMILES string of the molecule is CC(C)=CC1C(C(=O)NCc2ccc(OCC(F)(F)F)nc2)C1(C)C.Cc1ccccc1N(CC(=O)NCC1CCCCCCC1)S(C)(=O)=O.[HH].[HH]. The lowest BCUT2D eigenvalue weighted by Gasteiger charge is -2.24. The molecule has 2 unspecified atom stereocenters. The number of amides is 2. The molecule has 282 valence electrons. The summed E-state index contributed by atoms with van der Waals surface area (Å²) in [4.78, 5) is 28.5. The van der Waals surface area contributed by atoms with Crippen LogP contribution in [-0.2, 0) is 26.2 Å². The number of rotatable bonds is 12. The molecule has 13 heteroatoms. The molecule has 0 radical (unpaired) electrons. The maximum absolute atomic E-state index is 12.4. The summed E-state index contributed by atoms with van der Waals surface area (Å²) in [6.45, 7) is 9.37. The largest absolute Gasteiger partial charge is 0.468 e. The minimum absolute atomic E-state index is 0. The number of sulfonamides is 1. The van der Waals surface area contributed by atoms with Crippen molar-refractivity contribution in [1.82, 2.24) is 15.6 Å². The third-order valence-corrected chi connectivity index (χ3v) is 10.4. The number of hydrogen-bond donors (Lipinski definition) is 2. The number of nitrogens with one attached hydrogen (secondary N) is 2. The predicted molar refractivity (Wildman–Crippen MR) is 194 cm³/mol. The molecule has 2 N–H and O–H groups in total. The highest BCUT2D eigenvalue weighted by molar-refractivity contribution is 7.92. The number of para-hydroxylation sites is 1. The molecule has 2 aromatic rings. The zero-order valence-electron chi connectivity index (χ0n) is 30.1. The second-order valence-corrected chi connectivity index (χ2v) is 16.2. The van der Waals surface area contributed by atoms with Crippen molar-refractivity contribution >= 4 is 27.5 Å². The van der Waals surface area contributed by atoms with E-state index in [-0.39, 0.29) is 50.9 Å². The van der Waals surface area contributed by atoms with Crippen molar-refractivity contribution in [3.63, 3.8) is 0 Å². The van der Waals surface area contributed by atoms with Gasteiger partial charge < -0.3 is 15.4 Å². The Hall–Kier alpha value is -3.61. The summed E-state index contributed by atoms with van der Waals surface area (Å²) in [6, 6.07) is 10.2. The number of pyridine rings is 1. The van der Waals surface area contributed by atoms with Gasteiger partial charge in [-0.1, -0.05) is 81.9 Å². The number of carbonyl (C=O) groups is 2. The van der Waals surface area contributed by atoms with Crippen molar-refractivity contribution in [1.29, 1.82) is 0 Å². The van der Waals surface area contributed by atoms with Crippen LogP contribution >= 0.6 is 0 Å². The molecule has 2 aliphatic rings. The molecular weight excluding hydrogens is 669 g/mol. The maximum Gasteiger partial charge on any atom is 0.422 e. The number of aromatic nitrogens is 1. The van der Waals surface area contributed by atoms with E-state index in [1.165, 1.54) is 54.2 Å². The molecule has 2 fully saturated rings. The molecule has 4 rings (SSSR count). The Labute approximate surface area is 298 Å². The van der Waals surface area contributed by atoms with E-state index < -0.39 is 22.8 Å². The monoisotopic (exact) mass is 726 g/mol. The van der Waals surface area contributed by atoms with Crippen LogP contribution in [0.3, 0.4) is 0 Å². The van der Waals surface area contributed by atoms with Gasteiger partial charge in [0.15, 0.2) is 6.61 Å². The molecule has 0 aliphatic heterocycles.